The molecule has 1 aromatic carbocycles. The van der Waals surface area contributed by atoms with Crippen LogP contribution in [-0.4, -0.2) is 32.1 Å². The fourth-order valence-corrected chi connectivity index (χ4v) is 1.76. The zero-order valence-electron chi connectivity index (χ0n) is 11.0. The molecule has 0 atom stereocenters. The van der Waals surface area contributed by atoms with E-state index in [2.05, 4.69) is 0 Å². The average Bonchev–Trinajstić information content (AvgIpc) is 2.27. The molecular formula is C13H20ClN3O. The number of anilines is 1. The summed E-state index contributed by atoms with van der Waals surface area (Å²) >= 11 is 5.98. The maximum Gasteiger partial charge on any atom is 0.124 e. The van der Waals surface area contributed by atoms with E-state index in [0.717, 1.165) is 12.2 Å². The monoisotopic (exact) mass is 269 g/mol. The van der Waals surface area contributed by atoms with Crippen molar-refractivity contribution in [3.05, 3.63) is 28.8 Å². The highest BCUT2D eigenvalue weighted by molar-refractivity contribution is 6.31. The fourth-order valence-electron chi connectivity index (χ4n) is 1.59. The van der Waals surface area contributed by atoms with Crippen molar-refractivity contribution in [2.45, 2.75) is 20.0 Å². The number of likely N-dealkylation sites (N-methyl/N-ethyl adjacent to an activating group) is 1. The van der Waals surface area contributed by atoms with E-state index in [1.54, 1.807) is 12.1 Å². The Balaban J connectivity index is 2.80. The van der Waals surface area contributed by atoms with Gasteiger partial charge in [0.2, 0.25) is 0 Å². The molecule has 0 fully saturated rings. The molecule has 0 aliphatic carbocycles. The van der Waals surface area contributed by atoms with E-state index in [4.69, 9.17) is 27.5 Å². The van der Waals surface area contributed by atoms with Gasteiger partial charge in [-0.1, -0.05) is 11.6 Å². The molecule has 0 heterocycles. The number of halogens is 1. The molecule has 0 spiro atoms. The van der Waals surface area contributed by atoms with Crippen LogP contribution >= 0.6 is 11.6 Å². The summed E-state index contributed by atoms with van der Waals surface area (Å²) in [5.74, 6) is 0.0401. The SMILES string of the molecule is CC(C)OCCN(C)c1cc(Cl)ccc1C(=N)N. The maximum absolute atomic E-state index is 7.56. The third-order valence-corrected chi connectivity index (χ3v) is 2.77. The highest BCUT2D eigenvalue weighted by Crippen LogP contribution is 2.23. The van der Waals surface area contributed by atoms with Gasteiger partial charge in [0.1, 0.15) is 5.84 Å². The van der Waals surface area contributed by atoms with E-state index in [-0.39, 0.29) is 11.9 Å². The van der Waals surface area contributed by atoms with Crippen LogP contribution in [-0.2, 0) is 4.74 Å². The summed E-state index contributed by atoms with van der Waals surface area (Å²) < 4.78 is 5.50. The van der Waals surface area contributed by atoms with Crippen LogP contribution in [0, 0.1) is 5.41 Å². The van der Waals surface area contributed by atoms with Gasteiger partial charge in [0.05, 0.1) is 12.7 Å². The summed E-state index contributed by atoms with van der Waals surface area (Å²) in [7, 11) is 1.93. The van der Waals surface area contributed by atoms with Gasteiger partial charge in [0.25, 0.3) is 0 Å². The second-order valence-corrected chi connectivity index (χ2v) is 4.85. The Hall–Kier alpha value is -1.26. The van der Waals surface area contributed by atoms with Crippen molar-refractivity contribution >= 4 is 23.1 Å². The highest BCUT2D eigenvalue weighted by atomic mass is 35.5. The fraction of sp³-hybridized carbons (Fsp3) is 0.462. The quantitative estimate of drug-likeness (QED) is 0.616. The molecule has 0 aliphatic heterocycles. The van der Waals surface area contributed by atoms with Crippen molar-refractivity contribution in [3.63, 3.8) is 0 Å². The normalized spacial score (nSPS) is 10.7. The van der Waals surface area contributed by atoms with E-state index in [0.29, 0.717) is 17.2 Å². The summed E-state index contributed by atoms with van der Waals surface area (Å²) in [6.45, 7) is 5.34. The summed E-state index contributed by atoms with van der Waals surface area (Å²) in [4.78, 5) is 1.99. The summed E-state index contributed by atoms with van der Waals surface area (Å²) in [6, 6.07) is 5.31. The third-order valence-electron chi connectivity index (χ3n) is 2.54. The Bertz CT molecular complexity index is 421. The van der Waals surface area contributed by atoms with E-state index >= 15 is 0 Å². The molecule has 0 bridgehead atoms. The van der Waals surface area contributed by atoms with Gasteiger partial charge in [0, 0.05) is 29.9 Å². The Labute approximate surface area is 113 Å². The van der Waals surface area contributed by atoms with Crippen LogP contribution in [0.15, 0.2) is 18.2 Å². The number of nitrogen functional groups attached to an aromatic ring is 1. The lowest BCUT2D eigenvalue weighted by atomic mass is 10.1. The predicted molar refractivity (Wildman–Crippen MR) is 76.8 cm³/mol. The van der Waals surface area contributed by atoms with E-state index in [9.17, 15) is 0 Å². The molecular weight excluding hydrogens is 250 g/mol. The van der Waals surface area contributed by atoms with Crippen molar-refractivity contribution < 1.29 is 4.74 Å². The summed E-state index contributed by atoms with van der Waals surface area (Å²) in [5.41, 5.74) is 7.10. The molecule has 0 amide bonds. The summed E-state index contributed by atoms with van der Waals surface area (Å²) in [5, 5.41) is 8.19. The Morgan fingerprint density at radius 1 is 1.50 bits per heavy atom. The molecule has 18 heavy (non-hydrogen) atoms. The zero-order valence-corrected chi connectivity index (χ0v) is 11.8. The first-order valence-electron chi connectivity index (χ1n) is 5.88. The topological polar surface area (TPSA) is 62.3 Å². The minimum Gasteiger partial charge on any atom is -0.384 e. The van der Waals surface area contributed by atoms with Gasteiger partial charge >= 0.3 is 0 Å². The minimum atomic E-state index is 0.0401. The van der Waals surface area contributed by atoms with Gasteiger partial charge < -0.3 is 15.4 Å². The van der Waals surface area contributed by atoms with Crippen LogP contribution in [0.25, 0.3) is 0 Å². The summed E-state index contributed by atoms with van der Waals surface area (Å²) in [6.07, 6.45) is 0.213. The number of ether oxygens (including phenoxy) is 1. The molecule has 100 valence electrons. The largest absolute Gasteiger partial charge is 0.384 e. The standard InChI is InChI=1S/C13H20ClN3O/c1-9(2)18-7-6-17(3)12-8-10(14)4-5-11(12)13(15)16/h4-5,8-9H,6-7H2,1-3H3,(H3,15,16). The molecule has 0 aromatic heterocycles. The molecule has 5 heteroatoms. The number of hydrogen-bond donors (Lipinski definition) is 2. The van der Waals surface area contributed by atoms with Gasteiger partial charge in [-0.25, -0.2) is 0 Å². The number of rotatable bonds is 6. The minimum absolute atomic E-state index is 0.0401. The molecule has 0 unspecified atom stereocenters. The Morgan fingerprint density at radius 2 is 2.17 bits per heavy atom. The van der Waals surface area contributed by atoms with Crippen molar-refractivity contribution in [1.82, 2.24) is 0 Å². The lowest BCUT2D eigenvalue weighted by Gasteiger charge is -2.23. The first-order valence-corrected chi connectivity index (χ1v) is 6.26. The second kappa shape index (κ2) is 6.61. The molecule has 1 rings (SSSR count). The van der Waals surface area contributed by atoms with E-state index < -0.39 is 0 Å². The van der Waals surface area contributed by atoms with Crippen molar-refractivity contribution in [3.8, 4) is 0 Å². The zero-order chi connectivity index (χ0) is 13.7. The number of nitrogens with one attached hydrogen (secondary N) is 1. The molecule has 0 radical (unpaired) electrons. The Kier molecular flexibility index (Phi) is 5.44. The molecule has 0 saturated carbocycles. The average molecular weight is 270 g/mol. The van der Waals surface area contributed by atoms with Gasteiger partial charge in [-0.05, 0) is 32.0 Å². The molecule has 0 saturated heterocycles. The third kappa shape index (κ3) is 4.20. The van der Waals surface area contributed by atoms with Gasteiger partial charge in [-0.2, -0.15) is 0 Å². The van der Waals surface area contributed by atoms with Crippen LogP contribution in [0.1, 0.15) is 19.4 Å². The van der Waals surface area contributed by atoms with Crippen molar-refractivity contribution in [2.75, 3.05) is 25.1 Å². The maximum atomic E-state index is 7.56. The van der Waals surface area contributed by atoms with Crippen LogP contribution in [0.5, 0.6) is 0 Å². The van der Waals surface area contributed by atoms with Crippen LogP contribution < -0.4 is 10.6 Å². The number of nitrogens with zero attached hydrogens (tertiary/aromatic N) is 1. The van der Waals surface area contributed by atoms with Crippen LogP contribution in [0.2, 0.25) is 5.02 Å². The first-order chi connectivity index (χ1) is 8.41. The van der Waals surface area contributed by atoms with Gasteiger partial charge in [-0.15, -0.1) is 0 Å². The van der Waals surface area contributed by atoms with E-state index in [1.807, 2.05) is 31.9 Å². The van der Waals surface area contributed by atoms with Gasteiger partial charge in [0.15, 0.2) is 0 Å². The second-order valence-electron chi connectivity index (χ2n) is 4.42. The Morgan fingerprint density at radius 3 is 2.72 bits per heavy atom. The molecule has 4 nitrogen and oxygen atoms in total. The van der Waals surface area contributed by atoms with Crippen LogP contribution in [0.3, 0.4) is 0 Å². The predicted octanol–water partition coefficient (Wildman–Crippen LogP) is 2.49. The van der Waals surface area contributed by atoms with Crippen molar-refractivity contribution in [2.24, 2.45) is 5.73 Å². The van der Waals surface area contributed by atoms with Crippen molar-refractivity contribution in [1.29, 1.82) is 5.41 Å². The smallest absolute Gasteiger partial charge is 0.124 e. The highest BCUT2D eigenvalue weighted by Gasteiger charge is 2.10. The molecule has 0 aliphatic rings. The van der Waals surface area contributed by atoms with Crippen LogP contribution in [0.4, 0.5) is 5.69 Å². The first kappa shape index (κ1) is 14.8. The van der Waals surface area contributed by atoms with E-state index in [1.165, 1.54) is 0 Å². The number of benzene rings is 1. The lowest BCUT2D eigenvalue weighted by Crippen LogP contribution is -2.26. The lowest BCUT2D eigenvalue weighted by molar-refractivity contribution is 0.0846. The number of hydrogen-bond acceptors (Lipinski definition) is 3. The molecule has 3 N–H and O–H groups in total. The molecule has 1 aromatic rings. The van der Waals surface area contributed by atoms with Gasteiger partial charge in [-0.3, -0.25) is 5.41 Å². The number of nitrogens with two attached hydrogens (primary N) is 1. The number of amidine groups is 1.